The second-order valence-electron chi connectivity index (χ2n) is 3.50. The van der Waals surface area contributed by atoms with E-state index in [1.165, 1.54) is 12.8 Å². The van der Waals surface area contributed by atoms with Crippen molar-refractivity contribution in [1.29, 1.82) is 0 Å². The molecular weight excluding hydrogens is 98.1 g/mol. The molecule has 3 fully saturated rings. The fraction of sp³-hybridized carbons (Fsp3) is 0.857. The lowest BCUT2D eigenvalue weighted by Crippen LogP contribution is -2.38. The van der Waals surface area contributed by atoms with E-state index in [2.05, 4.69) is 13.3 Å². The summed E-state index contributed by atoms with van der Waals surface area (Å²) in [4.78, 5) is 0. The summed E-state index contributed by atoms with van der Waals surface area (Å²) in [7, 11) is 0. The van der Waals surface area contributed by atoms with E-state index in [4.69, 9.17) is 5.73 Å². The van der Waals surface area contributed by atoms with E-state index in [-0.39, 0.29) is 5.54 Å². The summed E-state index contributed by atoms with van der Waals surface area (Å²) in [6.45, 7) is 2.17. The van der Waals surface area contributed by atoms with Gasteiger partial charge in [0.25, 0.3) is 0 Å². The van der Waals surface area contributed by atoms with E-state index in [1.807, 2.05) is 0 Å². The Morgan fingerprint density at radius 2 is 2.38 bits per heavy atom. The van der Waals surface area contributed by atoms with Gasteiger partial charge in [0, 0.05) is 5.54 Å². The molecule has 3 unspecified atom stereocenters. The summed E-state index contributed by atoms with van der Waals surface area (Å²) in [5.41, 5.74) is 6.10. The van der Waals surface area contributed by atoms with Gasteiger partial charge >= 0.3 is 0 Å². The fourth-order valence-electron chi connectivity index (χ4n) is 1.97. The van der Waals surface area contributed by atoms with Crippen molar-refractivity contribution in [3.8, 4) is 0 Å². The van der Waals surface area contributed by atoms with Crippen LogP contribution in [0.25, 0.3) is 0 Å². The molecule has 3 rings (SSSR count). The summed E-state index contributed by atoms with van der Waals surface area (Å²) in [5, 5.41) is 0. The summed E-state index contributed by atoms with van der Waals surface area (Å²) in [6, 6.07) is 0. The van der Waals surface area contributed by atoms with Crippen molar-refractivity contribution in [3.63, 3.8) is 0 Å². The molecule has 1 nitrogen and oxygen atoms in total. The number of nitrogens with two attached hydrogens (primary N) is 1. The second kappa shape index (κ2) is 1.10. The minimum Gasteiger partial charge on any atom is -0.325 e. The molecule has 0 aromatic rings. The predicted molar refractivity (Wildman–Crippen MR) is 33.1 cm³/mol. The first-order valence-corrected chi connectivity index (χ1v) is 3.32. The average molecular weight is 110 g/mol. The molecule has 3 atom stereocenters. The van der Waals surface area contributed by atoms with Crippen LogP contribution in [0.3, 0.4) is 0 Å². The Kier molecular flexibility index (Phi) is 0.663. The zero-order valence-corrected chi connectivity index (χ0v) is 5.22. The standard InChI is InChI=1S/C7H12N/c1-7(8)4-5-2-6(7)3-5/h2,5-6H,3-4,8H2,1H3. The van der Waals surface area contributed by atoms with Crippen LogP contribution in [0.4, 0.5) is 0 Å². The molecular formula is C7H12N. The van der Waals surface area contributed by atoms with Crippen LogP contribution >= 0.6 is 0 Å². The second-order valence-corrected chi connectivity index (χ2v) is 3.50. The Labute approximate surface area is 50.3 Å². The summed E-state index contributed by atoms with van der Waals surface area (Å²) in [6.07, 6.45) is 5.00. The SMILES string of the molecule is CC1(N)CC2[CH]C1C2. The molecule has 2 bridgehead atoms. The number of fused-ring (bicyclic) bond motifs is 1. The van der Waals surface area contributed by atoms with E-state index >= 15 is 0 Å². The van der Waals surface area contributed by atoms with E-state index in [1.54, 1.807) is 0 Å². The largest absolute Gasteiger partial charge is 0.325 e. The molecule has 0 spiro atoms. The summed E-state index contributed by atoms with van der Waals surface area (Å²) >= 11 is 0. The normalized spacial score (nSPS) is 60.8. The molecule has 1 radical (unpaired) electrons. The summed E-state index contributed by atoms with van der Waals surface area (Å²) in [5.74, 6) is 1.64. The molecule has 3 saturated carbocycles. The first-order valence-electron chi connectivity index (χ1n) is 3.32. The molecule has 45 valence electrons. The average Bonchev–Trinajstić information content (AvgIpc) is 1.82. The maximum Gasteiger partial charge on any atom is 0.0160 e. The highest BCUT2D eigenvalue weighted by atomic mass is 14.8. The topological polar surface area (TPSA) is 26.0 Å². The van der Waals surface area contributed by atoms with Gasteiger partial charge in [-0.3, -0.25) is 0 Å². The van der Waals surface area contributed by atoms with Crippen LogP contribution in [0.2, 0.25) is 0 Å². The third kappa shape index (κ3) is 0.408. The molecule has 0 aromatic heterocycles. The van der Waals surface area contributed by atoms with E-state index in [0.29, 0.717) is 0 Å². The van der Waals surface area contributed by atoms with Gasteiger partial charge in [-0.1, -0.05) is 0 Å². The Balaban J connectivity index is 2.20. The molecule has 0 saturated heterocycles. The van der Waals surface area contributed by atoms with Crippen molar-refractivity contribution >= 4 is 0 Å². The lowest BCUT2D eigenvalue weighted by atomic mass is 9.81. The van der Waals surface area contributed by atoms with Crippen molar-refractivity contribution in [2.24, 2.45) is 17.6 Å². The molecule has 3 aliphatic carbocycles. The van der Waals surface area contributed by atoms with Gasteiger partial charge in [-0.2, -0.15) is 0 Å². The Bertz CT molecular complexity index is 112. The Hall–Kier alpha value is -0.0400. The van der Waals surface area contributed by atoms with E-state index in [0.717, 1.165) is 11.8 Å². The zero-order valence-electron chi connectivity index (χ0n) is 5.22. The predicted octanol–water partition coefficient (Wildman–Crippen LogP) is 0.948. The van der Waals surface area contributed by atoms with E-state index in [9.17, 15) is 0 Å². The van der Waals surface area contributed by atoms with Gasteiger partial charge in [0.2, 0.25) is 0 Å². The van der Waals surface area contributed by atoms with Crippen molar-refractivity contribution < 1.29 is 0 Å². The van der Waals surface area contributed by atoms with Gasteiger partial charge in [-0.15, -0.1) is 0 Å². The van der Waals surface area contributed by atoms with Gasteiger partial charge in [0.05, 0.1) is 0 Å². The lowest BCUT2D eigenvalue weighted by Gasteiger charge is -2.27. The number of hydrogen-bond acceptors (Lipinski definition) is 1. The van der Waals surface area contributed by atoms with Crippen molar-refractivity contribution in [3.05, 3.63) is 6.42 Å². The highest BCUT2D eigenvalue weighted by Gasteiger charge is 2.50. The summed E-state index contributed by atoms with van der Waals surface area (Å²) < 4.78 is 0. The lowest BCUT2D eigenvalue weighted by molar-refractivity contribution is 0.361. The van der Waals surface area contributed by atoms with Gasteiger partial charge in [0.15, 0.2) is 0 Å². The molecule has 3 aliphatic rings. The number of hydrogen-bond donors (Lipinski definition) is 1. The highest BCUT2D eigenvalue weighted by Crippen LogP contribution is 2.52. The van der Waals surface area contributed by atoms with Crippen LogP contribution in [-0.4, -0.2) is 5.54 Å². The zero-order chi connectivity index (χ0) is 5.78. The first kappa shape index (κ1) is 4.80. The first-order chi connectivity index (χ1) is 3.68. The van der Waals surface area contributed by atoms with Gasteiger partial charge in [-0.05, 0) is 38.0 Å². The van der Waals surface area contributed by atoms with Crippen LogP contribution in [0.15, 0.2) is 0 Å². The number of rotatable bonds is 0. The van der Waals surface area contributed by atoms with Crippen molar-refractivity contribution in [2.45, 2.75) is 25.3 Å². The van der Waals surface area contributed by atoms with E-state index < -0.39 is 0 Å². The molecule has 0 heterocycles. The van der Waals surface area contributed by atoms with Crippen molar-refractivity contribution in [1.82, 2.24) is 0 Å². The molecule has 0 aliphatic heterocycles. The van der Waals surface area contributed by atoms with Gasteiger partial charge < -0.3 is 5.73 Å². The van der Waals surface area contributed by atoms with Crippen molar-refractivity contribution in [2.75, 3.05) is 0 Å². The fourth-order valence-corrected chi connectivity index (χ4v) is 1.97. The maximum absolute atomic E-state index is 5.93. The third-order valence-corrected chi connectivity index (χ3v) is 2.61. The van der Waals surface area contributed by atoms with Crippen LogP contribution in [-0.2, 0) is 0 Å². The molecule has 8 heavy (non-hydrogen) atoms. The van der Waals surface area contributed by atoms with Crippen LogP contribution < -0.4 is 5.73 Å². The monoisotopic (exact) mass is 110 g/mol. The molecule has 1 heteroatoms. The van der Waals surface area contributed by atoms with Crippen LogP contribution in [0.1, 0.15) is 19.8 Å². The third-order valence-electron chi connectivity index (χ3n) is 2.61. The smallest absolute Gasteiger partial charge is 0.0160 e. The van der Waals surface area contributed by atoms with Gasteiger partial charge in [-0.25, -0.2) is 0 Å². The molecule has 0 aromatic carbocycles. The van der Waals surface area contributed by atoms with Gasteiger partial charge in [0.1, 0.15) is 0 Å². The van der Waals surface area contributed by atoms with Crippen LogP contribution in [0.5, 0.6) is 0 Å². The quantitative estimate of drug-likeness (QED) is 0.493. The maximum atomic E-state index is 5.93. The molecule has 0 amide bonds. The minimum absolute atomic E-state index is 0.171. The molecule has 2 N–H and O–H groups in total. The highest BCUT2D eigenvalue weighted by molar-refractivity contribution is 5.16. The Morgan fingerprint density at radius 1 is 1.75 bits per heavy atom. The van der Waals surface area contributed by atoms with Crippen LogP contribution in [0, 0.1) is 18.3 Å². The Morgan fingerprint density at radius 3 is 2.50 bits per heavy atom. The minimum atomic E-state index is 0.171.